The molecule has 0 aromatic heterocycles. The molecule has 0 amide bonds. The first-order valence-electron chi connectivity index (χ1n) is 19.9. The molecule has 0 saturated carbocycles. The molecular formula is C41H76O5. The number of hydrogen-bond donors (Lipinski definition) is 1. The maximum absolute atomic E-state index is 12.2. The summed E-state index contributed by atoms with van der Waals surface area (Å²) in [6.45, 7) is 4.12. The number of allylic oxidation sites excluding steroid dienone is 4. The Morgan fingerprint density at radius 1 is 0.500 bits per heavy atom. The van der Waals surface area contributed by atoms with Crippen LogP contribution in [-0.2, 0) is 19.1 Å². The molecule has 0 saturated heterocycles. The molecule has 0 bridgehead atoms. The van der Waals surface area contributed by atoms with Crippen LogP contribution in [0.3, 0.4) is 0 Å². The minimum absolute atomic E-state index is 0.0648. The Kier molecular flexibility index (Phi) is 36.5. The van der Waals surface area contributed by atoms with Gasteiger partial charge < -0.3 is 14.6 Å². The van der Waals surface area contributed by atoms with Gasteiger partial charge in [-0.2, -0.15) is 0 Å². The number of hydrogen-bond acceptors (Lipinski definition) is 5. The van der Waals surface area contributed by atoms with E-state index in [4.69, 9.17) is 9.47 Å². The van der Waals surface area contributed by atoms with Crippen molar-refractivity contribution < 1.29 is 24.2 Å². The van der Waals surface area contributed by atoms with Crippen molar-refractivity contribution in [3.05, 3.63) is 24.3 Å². The first-order valence-corrected chi connectivity index (χ1v) is 19.9. The van der Waals surface area contributed by atoms with Gasteiger partial charge in [0.1, 0.15) is 6.61 Å². The van der Waals surface area contributed by atoms with Crippen molar-refractivity contribution in [3.8, 4) is 0 Å². The fourth-order valence-corrected chi connectivity index (χ4v) is 5.70. The maximum atomic E-state index is 12.2. The number of aliphatic hydroxyl groups is 1. The van der Waals surface area contributed by atoms with Crippen LogP contribution < -0.4 is 0 Å². The molecule has 270 valence electrons. The normalized spacial score (nSPS) is 12.3. The number of carbonyl (C=O) groups excluding carboxylic acids is 2. The summed E-state index contributed by atoms with van der Waals surface area (Å²) in [5.41, 5.74) is 0. The Morgan fingerprint density at radius 3 is 1.30 bits per heavy atom. The average Bonchev–Trinajstić information content (AvgIpc) is 3.06. The van der Waals surface area contributed by atoms with Gasteiger partial charge >= 0.3 is 11.9 Å². The van der Waals surface area contributed by atoms with E-state index in [-0.39, 0.29) is 25.2 Å². The van der Waals surface area contributed by atoms with E-state index in [1.165, 1.54) is 128 Å². The lowest BCUT2D eigenvalue weighted by atomic mass is 10.0. The molecule has 0 radical (unpaired) electrons. The largest absolute Gasteiger partial charge is 0.462 e. The molecule has 0 aromatic rings. The third-order valence-corrected chi connectivity index (χ3v) is 8.75. The monoisotopic (exact) mass is 649 g/mol. The topological polar surface area (TPSA) is 72.8 Å². The van der Waals surface area contributed by atoms with Crippen LogP contribution in [-0.4, -0.2) is 36.4 Å². The van der Waals surface area contributed by atoms with Gasteiger partial charge in [0.2, 0.25) is 0 Å². The molecule has 0 rings (SSSR count). The van der Waals surface area contributed by atoms with Gasteiger partial charge in [0, 0.05) is 12.8 Å². The summed E-state index contributed by atoms with van der Waals surface area (Å²) in [6, 6.07) is 0. The third-order valence-electron chi connectivity index (χ3n) is 8.75. The highest BCUT2D eigenvalue weighted by atomic mass is 16.6. The van der Waals surface area contributed by atoms with Crippen molar-refractivity contribution in [3.63, 3.8) is 0 Å². The quantitative estimate of drug-likeness (QED) is 0.0416. The van der Waals surface area contributed by atoms with E-state index in [1.54, 1.807) is 0 Å². The van der Waals surface area contributed by atoms with Crippen LogP contribution >= 0.6 is 0 Å². The lowest BCUT2D eigenvalue weighted by Crippen LogP contribution is -2.28. The second-order valence-corrected chi connectivity index (χ2v) is 13.4. The summed E-state index contributed by atoms with van der Waals surface area (Å²) < 4.78 is 10.6. The molecule has 0 aliphatic rings. The Bertz CT molecular complexity index is 701. The highest BCUT2D eigenvalue weighted by molar-refractivity contribution is 5.70. The minimum Gasteiger partial charge on any atom is -0.462 e. The molecule has 1 N–H and O–H groups in total. The number of carbonyl (C=O) groups is 2. The highest BCUT2D eigenvalue weighted by Gasteiger charge is 2.16. The number of rotatable bonds is 36. The van der Waals surface area contributed by atoms with E-state index < -0.39 is 6.10 Å². The van der Waals surface area contributed by atoms with Crippen LogP contribution in [0.2, 0.25) is 0 Å². The summed E-state index contributed by atoms with van der Waals surface area (Å²) >= 11 is 0. The van der Waals surface area contributed by atoms with Gasteiger partial charge in [0.05, 0.1) is 6.61 Å². The Balaban J connectivity index is 3.55. The van der Waals surface area contributed by atoms with Crippen LogP contribution in [0.1, 0.15) is 206 Å². The zero-order chi connectivity index (χ0) is 33.6. The zero-order valence-electron chi connectivity index (χ0n) is 30.6. The molecule has 0 heterocycles. The van der Waals surface area contributed by atoms with Crippen molar-refractivity contribution in [1.29, 1.82) is 0 Å². The smallest absolute Gasteiger partial charge is 0.306 e. The predicted octanol–water partition coefficient (Wildman–Crippen LogP) is 12.3. The van der Waals surface area contributed by atoms with Crippen molar-refractivity contribution >= 4 is 11.9 Å². The van der Waals surface area contributed by atoms with E-state index >= 15 is 0 Å². The minimum atomic E-state index is -0.770. The number of ether oxygens (including phenoxy) is 2. The zero-order valence-corrected chi connectivity index (χ0v) is 30.6. The molecule has 0 aliphatic carbocycles. The second-order valence-electron chi connectivity index (χ2n) is 13.4. The molecule has 0 fully saturated rings. The van der Waals surface area contributed by atoms with Crippen LogP contribution in [0.25, 0.3) is 0 Å². The summed E-state index contributed by atoms with van der Waals surface area (Å²) in [7, 11) is 0. The Labute approximate surface area is 285 Å². The molecule has 46 heavy (non-hydrogen) atoms. The predicted molar refractivity (Wildman–Crippen MR) is 196 cm³/mol. The SMILES string of the molecule is CCCCCC/C=C\C/C=C\CCCCCCCCCC(=O)OC(CO)COC(=O)CCCCCCCCCCCCCCCC. The van der Waals surface area contributed by atoms with Gasteiger partial charge in [-0.25, -0.2) is 0 Å². The Hall–Kier alpha value is -1.62. The molecule has 0 aromatic carbocycles. The van der Waals surface area contributed by atoms with Crippen molar-refractivity contribution in [1.82, 2.24) is 0 Å². The number of unbranched alkanes of at least 4 members (excludes halogenated alkanes) is 24. The summed E-state index contributed by atoms with van der Waals surface area (Å²) in [5, 5.41) is 9.55. The molecule has 0 spiro atoms. The second kappa shape index (κ2) is 37.8. The molecular weight excluding hydrogens is 572 g/mol. The number of aliphatic hydroxyl groups excluding tert-OH is 1. The van der Waals surface area contributed by atoms with E-state index in [1.807, 2.05) is 0 Å². The van der Waals surface area contributed by atoms with Gasteiger partial charge in [0.15, 0.2) is 6.10 Å². The highest BCUT2D eigenvalue weighted by Crippen LogP contribution is 2.14. The van der Waals surface area contributed by atoms with Crippen LogP contribution in [0, 0.1) is 0 Å². The van der Waals surface area contributed by atoms with E-state index in [0.717, 1.165) is 51.4 Å². The molecule has 5 heteroatoms. The molecule has 1 atom stereocenters. The van der Waals surface area contributed by atoms with E-state index in [0.29, 0.717) is 12.8 Å². The molecule has 5 nitrogen and oxygen atoms in total. The summed E-state index contributed by atoms with van der Waals surface area (Å²) in [4.78, 5) is 24.2. The van der Waals surface area contributed by atoms with E-state index in [9.17, 15) is 14.7 Å². The first kappa shape index (κ1) is 44.4. The van der Waals surface area contributed by atoms with Crippen LogP contribution in [0.5, 0.6) is 0 Å². The van der Waals surface area contributed by atoms with Gasteiger partial charge in [0.25, 0.3) is 0 Å². The van der Waals surface area contributed by atoms with Crippen LogP contribution in [0.4, 0.5) is 0 Å². The lowest BCUT2D eigenvalue weighted by Gasteiger charge is -2.15. The molecule has 0 aliphatic heterocycles. The summed E-state index contributed by atoms with van der Waals surface area (Å²) in [6.07, 6.45) is 43.8. The number of esters is 2. The fourth-order valence-electron chi connectivity index (χ4n) is 5.70. The van der Waals surface area contributed by atoms with Gasteiger partial charge in [-0.3, -0.25) is 9.59 Å². The van der Waals surface area contributed by atoms with E-state index in [2.05, 4.69) is 38.2 Å². The molecule has 1 unspecified atom stereocenters. The van der Waals surface area contributed by atoms with Gasteiger partial charge in [-0.1, -0.05) is 173 Å². The van der Waals surface area contributed by atoms with Gasteiger partial charge in [-0.05, 0) is 44.9 Å². The van der Waals surface area contributed by atoms with Crippen molar-refractivity contribution in [2.75, 3.05) is 13.2 Å². The average molecular weight is 649 g/mol. The van der Waals surface area contributed by atoms with Crippen molar-refractivity contribution in [2.24, 2.45) is 0 Å². The van der Waals surface area contributed by atoms with Crippen molar-refractivity contribution in [2.45, 2.75) is 213 Å². The van der Waals surface area contributed by atoms with Crippen LogP contribution in [0.15, 0.2) is 24.3 Å². The third kappa shape index (κ3) is 35.2. The maximum Gasteiger partial charge on any atom is 0.306 e. The lowest BCUT2D eigenvalue weighted by molar-refractivity contribution is -0.161. The first-order chi connectivity index (χ1) is 22.6. The fraction of sp³-hybridized carbons (Fsp3) is 0.854. The van der Waals surface area contributed by atoms with Gasteiger partial charge in [-0.15, -0.1) is 0 Å². The standard InChI is InChI=1S/C41H76O5/c1-3-5-7-9-11-13-15-17-19-20-21-22-24-26-28-30-32-34-36-41(44)46-39(37-42)38-45-40(43)35-33-31-29-27-25-23-18-16-14-12-10-8-6-4-2/h13,15,19-20,39,42H,3-12,14,16-18,21-38H2,1-2H3/b15-13-,20-19-. The Morgan fingerprint density at radius 2 is 0.870 bits per heavy atom. The summed E-state index contributed by atoms with van der Waals surface area (Å²) in [5.74, 6) is -0.592.